The molecule has 194 valence electrons. The van der Waals surface area contributed by atoms with Crippen LogP contribution in [0.4, 0.5) is 4.39 Å². The standard InChI is InChI=1S/C28H34FN7O/c1-7-8-22(24(29)13-17(2)23-16-35-11-9-21(23)10-12-35)15-36-26(18(3)14-31-20(5)30)33-25-19(4)32-28(37-6)34-27(25)36/h1,13-14,21,23,30H,3,8-12,15-16H2,2,4-6H3/b17-13+,24-22-,30-20?,31-14?. The molecule has 3 saturated heterocycles. The summed E-state index contributed by atoms with van der Waals surface area (Å²) < 4.78 is 22.9. The molecule has 5 rings (SSSR count). The number of allylic oxidation sites excluding steroid dienone is 4. The predicted molar refractivity (Wildman–Crippen MR) is 146 cm³/mol. The summed E-state index contributed by atoms with van der Waals surface area (Å²) in [4.78, 5) is 20.0. The second kappa shape index (κ2) is 11.2. The van der Waals surface area contributed by atoms with Gasteiger partial charge in [-0.3, -0.25) is 5.41 Å². The van der Waals surface area contributed by atoms with E-state index in [9.17, 15) is 0 Å². The zero-order valence-corrected chi connectivity index (χ0v) is 22.0. The average Bonchev–Trinajstić information content (AvgIpc) is 3.26. The second-order valence-corrected chi connectivity index (χ2v) is 9.82. The molecule has 1 unspecified atom stereocenters. The van der Waals surface area contributed by atoms with Crippen molar-refractivity contribution in [2.45, 2.75) is 46.6 Å². The fourth-order valence-corrected chi connectivity index (χ4v) is 5.25. The molecule has 5 heterocycles. The average molecular weight is 504 g/mol. The van der Waals surface area contributed by atoms with Crippen LogP contribution in [0.5, 0.6) is 6.01 Å². The number of nitrogens with zero attached hydrogens (tertiary/aromatic N) is 6. The fraction of sp³-hybridized carbons (Fsp3) is 0.464. The zero-order valence-electron chi connectivity index (χ0n) is 22.0. The normalized spacial score (nSPS) is 22.3. The van der Waals surface area contributed by atoms with Crippen LogP contribution in [0.25, 0.3) is 16.7 Å². The van der Waals surface area contributed by atoms with Gasteiger partial charge in [-0.1, -0.05) is 12.2 Å². The van der Waals surface area contributed by atoms with E-state index < -0.39 is 0 Å². The van der Waals surface area contributed by atoms with Crippen molar-refractivity contribution in [1.82, 2.24) is 24.4 Å². The number of piperidine rings is 3. The highest BCUT2D eigenvalue weighted by Gasteiger charge is 2.34. The number of nitrogens with one attached hydrogen (secondary N) is 1. The number of halogens is 1. The lowest BCUT2D eigenvalue weighted by molar-refractivity contribution is 0.0682. The molecular weight excluding hydrogens is 469 g/mol. The lowest BCUT2D eigenvalue weighted by atomic mass is 9.75. The number of aromatic nitrogens is 4. The minimum absolute atomic E-state index is 0.127. The molecule has 8 nitrogen and oxygen atoms in total. The summed E-state index contributed by atoms with van der Waals surface area (Å²) in [7, 11) is 1.49. The van der Waals surface area contributed by atoms with Crippen LogP contribution < -0.4 is 4.74 Å². The van der Waals surface area contributed by atoms with Crippen LogP contribution in [0, 0.1) is 36.5 Å². The van der Waals surface area contributed by atoms with Gasteiger partial charge in [0.25, 0.3) is 0 Å². The van der Waals surface area contributed by atoms with Gasteiger partial charge in [0.15, 0.2) is 5.65 Å². The van der Waals surface area contributed by atoms with Crippen molar-refractivity contribution in [2.75, 3.05) is 26.7 Å². The van der Waals surface area contributed by atoms with Gasteiger partial charge in [0.1, 0.15) is 23.0 Å². The van der Waals surface area contributed by atoms with E-state index >= 15 is 4.39 Å². The van der Waals surface area contributed by atoms with Crippen LogP contribution in [-0.2, 0) is 6.54 Å². The van der Waals surface area contributed by atoms with Gasteiger partial charge in [-0.2, -0.15) is 9.97 Å². The van der Waals surface area contributed by atoms with Crippen LogP contribution in [0.15, 0.2) is 34.6 Å². The van der Waals surface area contributed by atoms with Crippen molar-refractivity contribution in [3.05, 3.63) is 41.1 Å². The minimum Gasteiger partial charge on any atom is -0.467 e. The molecule has 0 saturated carbocycles. The van der Waals surface area contributed by atoms with E-state index in [1.807, 2.05) is 13.8 Å². The number of aliphatic imine (C=N–C) groups is 1. The third-order valence-electron chi connectivity index (χ3n) is 7.23. The van der Waals surface area contributed by atoms with Crippen LogP contribution in [0.3, 0.4) is 0 Å². The van der Waals surface area contributed by atoms with Crippen molar-refractivity contribution in [1.29, 1.82) is 5.41 Å². The Morgan fingerprint density at radius 3 is 2.62 bits per heavy atom. The first kappa shape index (κ1) is 26.4. The Labute approximate surface area is 217 Å². The molecule has 3 aliphatic rings. The molecule has 2 aromatic rings. The summed E-state index contributed by atoms with van der Waals surface area (Å²) in [6.45, 7) is 12.9. The van der Waals surface area contributed by atoms with Crippen LogP contribution in [0.1, 0.15) is 44.6 Å². The summed E-state index contributed by atoms with van der Waals surface area (Å²) in [6.07, 6.45) is 11.3. The minimum atomic E-state index is -0.327. The lowest BCUT2D eigenvalue weighted by Crippen LogP contribution is -2.47. The summed E-state index contributed by atoms with van der Waals surface area (Å²) in [5, 5.41) is 7.61. The number of fused-ring (bicyclic) bond motifs is 4. The van der Waals surface area contributed by atoms with Crippen molar-refractivity contribution < 1.29 is 9.13 Å². The number of amidine groups is 1. The van der Waals surface area contributed by atoms with E-state index in [1.54, 1.807) is 17.6 Å². The fourth-order valence-electron chi connectivity index (χ4n) is 5.25. The van der Waals surface area contributed by atoms with Gasteiger partial charge in [0.2, 0.25) is 0 Å². The molecule has 0 aromatic carbocycles. The first-order valence-electron chi connectivity index (χ1n) is 12.5. The van der Waals surface area contributed by atoms with E-state index in [2.05, 4.69) is 32.4 Å². The molecule has 0 spiro atoms. The van der Waals surface area contributed by atoms with Crippen molar-refractivity contribution >= 4 is 28.8 Å². The van der Waals surface area contributed by atoms with Gasteiger partial charge in [0, 0.05) is 24.8 Å². The number of hydrogen-bond acceptors (Lipinski definition) is 6. The molecule has 2 aromatic heterocycles. The maximum absolute atomic E-state index is 15.8. The molecule has 1 N–H and O–H groups in total. The van der Waals surface area contributed by atoms with Crippen LogP contribution >= 0.6 is 0 Å². The molecule has 9 heteroatoms. The first-order chi connectivity index (χ1) is 17.7. The van der Waals surface area contributed by atoms with E-state index in [4.69, 9.17) is 21.6 Å². The number of methoxy groups -OCH3 is 1. The number of aryl methyl sites for hydroxylation is 1. The Kier molecular flexibility index (Phi) is 7.98. The Hall–Kier alpha value is -3.64. The summed E-state index contributed by atoms with van der Waals surface area (Å²) >= 11 is 0. The lowest BCUT2D eigenvalue weighted by Gasteiger charge is -2.45. The van der Waals surface area contributed by atoms with E-state index in [1.165, 1.54) is 26.2 Å². The van der Waals surface area contributed by atoms with Crippen LogP contribution in [-0.4, -0.2) is 63.2 Å². The quantitative estimate of drug-likeness (QED) is 0.243. The van der Waals surface area contributed by atoms with E-state index in [-0.39, 0.29) is 30.6 Å². The highest BCUT2D eigenvalue weighted by molar-refractivity contribution is 6.11. The summed E-state index contributed by atoms with van der Waals surface area (Å²) in [6, 6.07) is 0.188. The second-order valence-electron chi connectivity index (χ2n) is 9.82. The Morgan fingerprint density at radius 2 is 2.03 bits per heavy atom. The molecule has 0 amide bonds. The zero-order chi connectivity index (χ0) is 26.7. The number of imidazole rings is 1. The van der Waals surface area contributed by atoms with E-state index in [0.29, 0.717) is 45.7 Å². The summed E-state index contributed by atoms with van der Waals surface area (Å²) in [5.41, 5.74) is 3.62. The number of rotatable bonds is 8. The topological polar surface area (TPSA) is 92.3 Å². The molecule has 2 bridgehead atoms. The van der Waals surface area contributed by atoms with Crippen molar-refractivity contribution in [2.24, 2.45) is 16.8 Å². The predicted octanol–water partition coefficient (Wildman–Crippen LogP) is 4.76. The number of hydrogen-bond donors (Lipinski definition) is 1. The SMILES string of the molecule is C#CC/C(Cn1c(C(=C)C=NC(C)=N)nc2c(C)nc(OC)nc21)=C(F)\C=C(/C)C1CN2CCC1CC2. The molecule has 37 heavy (non-hydrogen) atoms. The number of ether oxygens (including phenoxy) is 1. The van der Waals surface area contributed by atoms with Gasteiger partial charge in [-0.05, 0) is 70.2 Å². The molecule has 3 aliphatic heterocycles. The molecule has 0 radical (unpaired) electrons. The van der Waals surface area contributed by atoms with Gasteiger partial charge >= 0.3 is 6.01 Å². The van der Waals surface area contributed by atoms with Gasteiger partial charge < -0.3 is 14.2 Å². The Morgan fingerprint density at radius 1 is 1.30 bits per heavy atom. The maximum atomic E-state index is 15.8. The molecule has 0 aliphatic carbocycles. The van der Waals surface area contributed by atoms with E-state index in [0.717, 1.165) is 25.2 Å². The Balaban J connectivity index is 1.77. The van der Waals surface area contributed by atoms with Gasteiger partial charge in [-0.15, -0.1) is 12.3 Å². The van der Waals surface area contributed by atoms with Gasteiger partial charge in [-0.25, -0.2) is 14.4 Å². The third-order valence-corrected chi connectivity index (χ3v) is 7.23. The van der Waals surface area contributed by atoms with Crippen LogP contribution in [0.2, 0.25) is 0 Å². The number of terminal acetylenes is 1. The smallest absolute Gasteiger partial charge is 0.318 e. The molecule has 3 fully saturated rings. The monoisotopic (exact) mass is 503 g/mol. The summed E-state index contributed by atoms with van der Waals surface area (Å²) in [5.74, 6) is 3.84. The maximum Gasteiger partial charge on any atom is 0.318 e. The highest BCUT2D eigenvalue weighted by Crippen LogP contribution is 2.37. The van der Waals surface area contributed by atoms with Crippen molar-refractivity contribution in [3.8, 4) is 18.4 Å². The molecule has 1 atom stereocenters. The molecular formula is C28H34FN7O. The Bertz CT molecular complexity index is 1350. The van der Waals surface area contributed by atoms with Crippen molar-refractivity contribution in [3.63, 3.8) is 0 Å². The largest absolute Gasteiger partial charge is 0.467 e. The van der Waals surface area contributed by atoms with Gasteiger partial charge in [0.05, 0.1) is 19.3 Å². The third kappa shape index (κ3) is 5.70. The first-order valence-corrected chi connectivity index (χ1v) is 12.5. The highest BCUT2D eigenvalue weighted by atomic mass is 19.1.